The third kappa shape index (κ3) is 3.44. The molecule has 0 aromatic heterocycles. The first kappa shape index (κ1) is 20.0. The summed E-state index contributed by atoms with van der Waals surface area (Å²) in [5.41, 5.74) is 0. The van der Waals surface area contributed by atoms with Gasteiger partial charge in [0.2, 0.25) is 22.0 Å². The average molecular weight is 396 g/mol. The van der Waals surface area contributed by atoms with Gasteiger partial charge in [0.05, 0.1) is 6.61 Å². The summed E-state index contributed by atoms with van der Waals surface area (Å²) >= 11 is 0. The van der Waals surface area contributed by atoms with Crippen LogP contribution in [0, 0.1) is 29.6 Å². The Morgan fingerprint density at radius 2 is 1.54 bits per heavy atom. The molecule has 1 saturated heterocycles. The summed E-state index contributed by atoms with van der Waals surface area (Å²) < 4.78 is 42.9. The van der Waals surface area contributed by atoms with Crippen molar-refractivity contribution in [3.05, 3.63) is 0 Å². The van der Waals surface area contributed by atoms with E-state index in [1.165, 1.54) is 32.1 Å². The van der Waals surface area contributed by atoms with E-state index >= 15 is 0 Å². The molecule has 0 radical (unpaired) electrons. The van der Waals surface area contributed by atoms with Crippen LogP contribution in [-0.2, 0) is 29.1 Å². The average Bonchev–Trinajstić information content (AvgIpc) is 2.91. The molecule has 0 N–H and O–H groups in total. The van der Waals surface area contributed by atoms with E-state index in [0.29, 0.717) is 37.5 Å². The molecule has 1 aliphatic heterocycles. The van der Waals surface area contributed by atoms with Gasteiger partial charge in [0.1, 0.15) is 0 Å². The van der Waals surface area contributed by atoms with Crippen LogP contribution in [0.4, 0.5) is 0 Å². The minimum atomic E-state index is -4.62. The van der Waals surface area contributed by atoms with Gasteiger partial charge in [-0.05, 0) is 62.7 Å². The zero-order valence-corrected chi connectivity index (χ0v) is 18.0. The molecule has 0 aromatic rings. The van der Waals surface area contributed by atoms with Crippen molar-refractivity contribution in [2.24, 2.45) is 29.6 Å². The standard InChI is InChI=1S/C17H26O7S.Na/c18-25(19,20)21-10-11-1-3-16(4-2-11)22-17(24-23-16)14-6-12-5-13(8-14)9-15(17)7-12;/h11-15H,1-10H2,(H,18,19,20);/q;+1/p-1. The molecule has 26 heavy (non-hydrogen) atoms. The predicted octanol–water partition coefficient (Wildman–Crippen LogP) is -0.515. The first-order valence-electron chi connectivity index (χ1n) is 9.53. The first-order chi connectivity index (χ1) is 11.9. The van der Waals surface area contributed by atoms with E-state index < -0.39 is 22.0 Å². The molecule has 142 valence electrons. The zero-order chi connectivity index (χ0) is 17.3. The molecule has 0 unspecified atom stereocenters. The van der Waals surface area contributed by atoms with Crippen LogP contribution in [0.5, 0.6) is 0 Å². The predicted molar refractivity (Wildman–Crippen MR) is 83.4 cm³/mol. The second-order valence-electron chi connectivity index (χ2n) is 8.84. The molecule has 6 rings (SSSR count). The molecule has 5 saturated carbocycles. The van der Waals surface area contributed by atoms with E-state index in [-0.39, 0.29) is 42.1 Å². The Kier molecular flexibility index (Phi) is 5.33. The minimum absolute atomic E-state index is 0. The van der Waals surface area contributed by atoms with Crippen molar-refractivity contribution in [1.82, 2.24) is 0 Å². The van der Waals surface area contributed by atoms with Gasteiger partial charge in [0.15, 0.2) is 0 Å². The summed E-state index contributed by atoms with van der Waals surface area (Å²) in [5, 5.41) is 0. The van der Waals surface area contributed by atoms with Gasteiger partial charge in [-0.2, -0.15) is 9.78 Å². The zero-order valence-electron chi connectivity index (χ0n) is 15.2. The maximum atomic E-state index is 10.6. The molecule has 9 heteroatoms. The van der Waals surface area contributed by atoms with Gasteiger partial charge in [0, 0.05) is 24.7 Å². The van der Waals surface area contributed by atoms with Crippen LogP contribution in [0.25, 0.3) is 0 Å². The molecule has 0 amide bonds. The van der Waals surface area contributed by atoms with E-state index in [4.69, 9.17) is 14.5 Å². The van der Waals surface area contributed by atoms with Crippen LogP contribution < -0.4 is 29.6 Å². The van der Waals surface area contributed by atoms with Gasteiger partial charge in [-0.15, -0.1) is 0 Å². The third-order valence-corrected chi connectivity index (χ3v) is 7.69. The van der Waals surface area contributed by atoms with E-state index in [1.54, 1.807) is 0 Å². The Morgan fingerprint density at radius 1 is 0.962 bits per heavy atom. The van der Waals surface area contributed by atoms with E-state index in [0.717, 1.165) is 11.8 Å². The van der Waals surface area contributed by atoms with Crippen molar-refractivity contribution >= 4 is 10.4 Å². The van der Waals surface area contributed by atoms with Crippen molar-refractivity contribution in [1.29, 1.82) is 0 Å². The molecular formula is C17H25NaO7S. The van der Waals surface area contributed by atoms with Gasteiger partial charge in [-0.25, -0.2) is 8.42 Å². The molecule has 0 atom stereocenters. The fraction of sp³-hybridized carbons (Fsp3) is 1.00. The van der Waals surface area contributed by atoms with Crippen LogP contribution in [-0.4, -0.2) is 31.2 Å². The first-order valence-corrected chi connectivity index (χ1v) is 10.9. The Bertz CT molecular complexity index is 615. The van der Waals surface area contributed by atoms with E-state index in [9.17, 15) is 13.0 Å². The SMILES string of the molecule is O=S(=O)([O-])OCC1CCC2(CC1)OOC1(O2)C2CC3CC(C2)CC1C3.[Na+]. The summed E-state index contributed by atoms with van der Waals surface area (Å²) in [6.45, 7) is -0.0531. The number of hydrogen-bond acceptors (Lipinski definition) is 7. The van der Waals surface area contributed by atoms with Gasteiger partial charge >= 0.3 is 29.6 Å². The smallest absolute Gasteiger partial charge is 0.726 e. The van der Waals surface area contributed by atoms with E-state index in [2.05, 4.69) is 4.18 Å². The fourth-order valence-electron chi connectivity index (χ4n) is 6.26. The Balaban J connectivity index is 0.00000168. The number of hydrogen-bond donors (Lipinski definition) is 0. The van der Waals surface area contributed by atoms with Crippen LogP contribution in [0.15, 0.2) is 0 Å². The fourth-order valence-corrected chi connectivity index (χ4v) is 6.62. The maximum absolute atomic E-state index is 10.6. The van der Waals surface area contributed by atoms with Crippen LogP contribution >= 0.6 is 0 Å². The Labute approximate surface area is 176 Å². The van der Waals surface area contributed by atoms with Gasteiger partial charge in [-0.1, -0.05) is 0 Å². The summed E-state index contributed by atoms with van der Waals surface area (Å²) in [5.74, 6) is 1.32. The summed E-state index contributed by atoms with van der Waals surface area (Å²) in [6, 6.07) is 0. The molecule has 4 bridgehead atoms. The minimum Gasteiger partial charge on any atom is -0.726 e. The molecule has 5 aliphatic carbocycles. The second kappa shape index (κ2) is 6.92. The molecule has 6 fully saturated rings. The number of rotatable bonds is 3. The second-order valence-corrected chi connectivity index (χ2v) is 9.89. The monoisotopic (exact) mass is 396 g/mol. The molecule has 0 aromatic carbocycles. The van der Waals surface area contributed by atoms with Crippen molar-refractivity contribution in [2.75, 3.05) is 6.61 Å². The summed E-state index contributed by atoms with van der Waals surface area (Å²) in [4.78, 5) is 11.8. The largest absolute Gasteiger partial charge is 1.00 e. The summed E-state index contributed by atoms with van der Waals surface area (Å²) in [7, 11) is -4.62. The van der Waals surface area contributed by atoms with Crippen molar-refractivity contribution in [3.8, 4) is 0 Å². The molecule has 6 aliphatic rings. The van der Waals surface area contributed by atoms with Crippen LogP contribution in [0.1, 0.15) is 57.8 Å². The molecule has 1 heterocycles. The van der Waals surface area contributed by atoms with Crippen molar-refractivity contribution < 1.29 is 61.2 Å². The maximum Gasteiger partial charge on any atom is 1.00 e. The Hall–Kier alpha value is 0.750. The number of ether oxygens (including phenoxy) is 1. The third-order valence-electron chi connectivity index (χ3n) is 7.26. The van der Waals surface area contributed by atoms with Gasteiger partial charge in [-0.3, -0.25) is 4.18 Å². The molecule has 7 nitrogen and oxygen atoms in total. The quantitative estimate of drug-likeness (QED) is 0.274. The van der Waals surface area contributed by atoms with Gasteiger partial charge in [0.25, 0.3) is 0 Å². The molecular weight excluding hydrogens is 371 g/mol. The normalized spacial score (nSPS) is 49.7. The topological polar surface area (TPSA) is 94.1 Å². The van der Waals surface area contributed by atoms with Crippen molar-refractivity contribution in [3.63, 3.8) is 0 Å². The Morgan fingerprint density at radius 3 is 2.08 bits per heavy atom. The van der Waals surface area contributed by atoms with Gasteiger partial charge < -0.3 is 9.29 Å². The molecule has 2 spiro atoms. The van der Waals surface area contributed by atoms with Crippen molar-refractivity contribution in [2.45, 2.75) is 69.4 Å². The van der Waals surface area contributed by atoms with Crippen LogP contribution in [0.2, 0.25) is 0 Å². The summed E-state index contributed by atoms with van der Waals surface area (Å²) in [6.07, 6.45) is 8.81. The van der Waals surface area contributed by atoms with Crippen LogP contribution in [0.3, 0.4) is 0 Å². The van der Waals surface area contributed by atoms with E-state index in [1.807, 2.05) is 0 Å².